The van der Waals surface area contributed by atoms with E-state index in [1.807, 2.05) is 0 Å². The molecule has 0 aliphatic rings. The summed E-state index contributed by atoms with van der Waals surface area (Å²) in [6, 6.07) is 3.58. The minimum absolute atomic E-state index is 0.259. The van der Waals surface area contributed by atoms with Crippen molar-refractivity contribution >= 4 is 15.5 Å². The predicted molar refractivity (Wildman–Crippen MR) is 101 cm³/mol. The Morgan fingerprint density at radius 3 is 2.26 bits per heavy atom. The third-order valence-electron chi connectivity index (χ3n) is 4.56. The van der Waals surface area contributed by atoms with Gasteiger partial charge in [0.2, 0.25) is 0 Å². The SMILES string of the molecule is CCS(=O)(=O)c1ccc(-n2cnc(C(F)(F)F)n2)nc1-n1nc2ccc(C(F)(F)F)cn2c1=O. The molecule has 0 aromatic carbocycles. The first-order valence-electron chi connectivity index (χ1n) is 9.14. The molecule has 4 aromatic rings. The number of hydrogen-bond acceptors (Lipinski definition) is 7. The molecule has 0 unspecified atom stereocenters. The number of sulfone groups is 1. The van der Waals surface area contributed by atoms with E-state index in [4.69, 9.17) is 0 Å². The molecule has 10 nitrogen and oxygen atoms in total. The summed E-state index contributed by atoms with van der Waals surface area (Å²) in [6.45, 7) is 1.29. The first kappa shape index (κ1) is 23.4. The molecule has 0 aliphatic carbocycles. The van der Waals surface area contributed by atoms with Gasteiger partial charge in [-0.05, 0) is 24.3 Å². The van der Waals surface area contributed by atoms with Gasteiger partial charge < -0.3 is 0 Å². The van der Waals surface area contributed by atoms with Crippen LogP contribution in [-0.2, 0) is 22.2 Å². The molecule has 4 aromatic heterocycles. The predicted octanol–water partition coefficient (Wildman–Crippen LogP) is 2.29. The summed E-state index contributed by atoms with van der Waals surface area (Å²) in [6.07, 6.45) is -8.49. The van der Waals surface area contributed by atoms with E-state index >= 15 is 0 Å². The summed E-state index contributed by atoms with van der Waals surface area (Å²) in [5, 5.41) is 7.07. The van der Waals surface area contributed by atoms with Gasteiger partial charge in [-0.15, -0.1) is 10.2 Å². The van der Waals surface area contributed by atoms with Crippen molar-refractivity contribution in [3.63, 3.8) is 0 Å². The molecule has 0 aliphatic heterocycles. The summed E-state index contributed by atoms with van der Waals surface area (Å²) in [5.41, 5.74) is -2.61. The molecule has 0 radical (unpaired) electrons. The van der Waals surface area contributed by atoms with Gasteiger partial charge in [0.15, 0.2) is 27.1 Å². The number of aromatic nitrogens is 7. The lowest BCUT2D eigenvalue weighted by molar-refractivity contribution is -0.144. The van der Waals surface area contributed by atoms with Crippen LogP contribution in [0.2, 0.25) is 0 Å². The lowest BCUT2D eigenvalue weighted by Crippen LogP contribution is -2.24. The summed E-state index contributed by atoms with van der Waals surface area (Å²) >= 11 is 0. The Hall–Kier alpha value is -3.76. The maximum atomic E-state index is 13.0. The maximum Gasteiger partial charge on any atom is 0.453 e. The van der Waals surface area contributed by atoms with Crippen molar-refractivity contribution in [2.24, 2.45) is 0 Å². The average Bonchev–Trinajstić information content (AvgIpc) is 3.38. The van der Waals surface area contributed by atoms with Gasteiger partial charge in [-0.2, -0.15) is 31.0 Å². The van der Waals surface area contributed by atoms with Crippen molar-refractivity contribution in [3.8, 4) is 11.6 Å². The van der Waals surface area contributed by atoms with E-state index in [1.54, 1.807) is 0 Å². The topological polar surface area (TPSA) is 117 Å². The zero-order valence-electron chi connectivity index (χ0n) is 16.7. The van der Waals surface area contributed by atoms with E-state index in [-0.39, 0.29) is 11.5 Å². The summed E-state index contributed by atoms with van der Waals surface area (Å²) in [5.74, 6) is -2.92. The van der Waals surface area contributed by atoms with E-state index in [9.17, 15) is 39.6 Å². The molecular weight excluding hydrogens is 496 g/mol. The summed E-state index contributed by atoms with van der Waals surface area (Å²) in [4.78, 5) is 19.4. The van der Waals surface area contributed by atoms with Crippen molar-refractivity contribution in [3.05, 3.63) is 58.7 Å². The van der Waals surface area contributed by atoms with Gasteiger partial charge in [0.25, 0.3) is 5.82 Å². The van der Waals surface area contributed by atoms with E-state index < -0.39 is 55.7 Å². The molecule has 0 spiro atoms. The molecular formula is C17H11F6N7O3S. The fourth-order valence-electron chi connectivity index (χ4n) is 2.89. The Morgan fingerprint density at radius 1 is 0.971 bits per heavy atom. The van der Waals surface area contributed by atoms with Gasteiger partial charge in [0, 0.05) is 6.20 Å². The van der Waals surface area contributed by atoms with Gasteiger partial charge >= 0.3 is 18.0 Å². The summed E-state index contributed by atoms with van der Waals surface area (Å²) in [7, 11) is -4.06. The molecule has 4 rings (SSSR count). The molecule has 0 amide bonds. The van der Waals surface area contributed by atoms with Crippen LogP contribution in [0.4, 0.5) is 26.3 Å². The Morgan fingerprint density at radius 2 is 1.68 bits per heavy atom. The molecule has 0 saturated heterocycles. The van der Waals surface area contributed by atoms with Crippen molar-refractivity contribution in [2.45, 2.75) is 24.2 Å². The Kier molecular flexibility index (Phi) is 5.26. The standard InChI is InChI=1S/C17H11F6N7O3S/c1-2-34(32,33)10-4-6-11(29-8-24-14(27-29)17(21,22)23)25-13(10)30-15(31)28-7-9(16(18,19)20)3-5-12(28)26-30/h3-8H,2H2,1H3. The van der Waals surface area contributed by atoms with Crippen LogP contribution >= 0.6 is 0 Å². The third-order valence-corrected chi connectivity index (χ3v) is 6.31. The van der Waals surface area contributed by atoms with Gasteiger partial charge in [0.1, 0.15) is 11.2 Å². The van der Waals surface area contributed by atoms with Gasteiger partial charge in [-0.1, -0.05) is 6.92 Å². The van der Waals surface area contributed by atoms with Gasteiger partial charge in [-0.25, -0.2) is 32.3 Å². The minimum atomic E-state index is -4.87. The Labute approximate surface area is 185 Å². The van der Waals surface area contributed by atoms with Crippen molar-refractivity contribution in [1.82, 2.24) is 33.9 Å². The molecule has 0 N–H and O–H groups in total. The number of fused-ring (bicyclic) bond motifs is 1. The van der Waals surface area contributed by atoms with Crippen LogP contribution in [0.5, 0.6) is 0 Å². The van der Waals surface area contributed by atoms with Gasteiger partial charge in [0.05, 0.1) is 11.3 Å². The van der Waals surface area contributed by atoms with Crippen LogP contribution in [0.25, 0.3) is 17.3 Å². The largest absolute Gasteiger partial charge is 0.453 e. The van der Waals surface area contributed by atoms with Crippen LogP contribution < -0.4 is 5.69 Å². The number of hydrogen-bond donors (Lipinski definition) is 0. The van der Waals surface area contributed by atoms with Crippen LogP contribution in [-0.4, -0.2) is 48.1 Å². The first-order chi connectivity index (χ1) is 15.7. The number of halogens is 6. The monoisotopic (exact) mass is 507 g/mol. The van der Waals surface area contributed by atoms with Crippen molar-refractivity contribution < 1.29 is 34.8 Å². The van der Waals surface area contributed by atoms with E-state index in [2.05, 4.69) is 20.2 Å². The Balaban J connectivity index is 1.96. The zero-order valence-corrected chi connectivity index (χ0v) is 17.5. The zero-order chi connectivity index (χ0) is 25.1. The van der Waals surface area contributed by atoms with E-state index in [0.29, 0.717) is 32.4 Å². The highest BCUT2D eigenvalue weighted by molar-refractivity contribution is 7.91. The lowest BCUT2D eigenvalue weighted by atomic mass is 10.3. The normalized spacial score (nSPS) is 13.0. The molecule has 17 heteroatoms. The fraction of sp³-hybridized carbons (Fsp3) is 0.235. The van der Waals surface area contributed by atoms with Gasteiger partial charge in [-0.3, -0.25) is 0 Å². The van der Waals surface area contributed by atoms with Crippen LogP contribution in [0, 0.1) is 0 Å². The van der Waals surface area contributed by atoms with Crippen LogP contribution in [0.15, 0.2) is 46.5 Å². The maximum absolute atomic E-state index is 13.0. The molecule has 0 bridgehead atoms. The third kappa shape index (κ3) is 4.02. The molecule has 0 atom stereocenters. The van der Waals surface area contributed by atoms with E-state index in [1.165, 1.54) is 6.92 Å². The first-order valence-corrected chi connectivity index (χ1v) is 10.8. The highest BCUT2D eigenvalue weighted by Crippen LogP contribution is 2.29. The smallest absolute Gasteiger partial charge is 0.249 e. The molecule has 34 heavy (non-hydrogen) atoms. The quantitative estimate of drug-likeness (QED) is 0.389. The number of pyridine rings is 2. The molecule has 4 heterocycles. The second kappa shape index (κ2) is 7.64. The lowest BCUT2D eigenvalue weighted by Gasteiger charge is -2.09. The van der Waals surface area contributed by atoms with E-state index in [0.717, 1.165) is 18.2 Å². The van der Waals surface area contributed by atoms with Crippen LogP contribution in [0.1, 0.15) is 18.3 Å². The number of rotatable bonds is 4. The number of alkyl halides is 6. The highest BCUT2D eigenvalue weighted by atomic mass is 32.2. The second-order valence-corrected chi connectivity index (χ2v) is 8.99. The summed E-state index contributed by atoms with van der Waals surface area (Å²) < 4.78 is 104. The molecule has 180 valence electrons. The fourth-order valence-corrected chi connectivity index (χ4v) is 3.88. The number of nitrogens with zero attached hydrogens (tertiary/aromatic N) is 7. The molecule has 0 saturated carbocycles. The average molecular weight is 507 g/mol. The minimum Gasteiger partial charge on any atom is -0.249 e. The second-order valence-electron chi connectivity index (χ2n) is 6.74. The molecule has 0 fully saturated rings. The Bertz CT molecular complexity index is 1570. The van der Waals surface area contributed by atoms with Crippen molar-refractivity contribution in [1.29, 1.82) is 0 Å². The van der Waals surface area contributed by atoms with Crippen LogP contribution in [0.3, 0.4) is 0 Å². The highest BCUT2D eigenvalue weighted by Gasteiger charge is 2.36. The van der Waals surface area contributed by atoms with Crippen molar-refractivity contribution in [2.75, 3.05) is 5.75 Å².